The monoisotopic (exact) mass is 1440 g/mol. The molecule has 0 bridgehead atoms. The van der Waals surface area contributed by atoms with E-state index < -0.39 is 97.5 Å². The molecule has 17 nitrogen and oxygen atoms in total. The highest BCUT2D eigenvalue weighted by atomic mass is 31.2. The lowest BCUT2D eigenvalue weighted by Crippen LogP contribution is -2.30. The summed E-state index contributed by atoms with van der Waals surface area (Å²) in [7, 11) is -9.91. The number of rotatable bonds is 77. The molecule has 0 rings (SSSR count). The van der Waals surface area contributed by atoms with Gasteiger partial charge in [-0.05, 0) is 43.4 Å². The van der Waals surface area contributed by atoms with Crippen LogP contribution in [0.1, 0.15) is 408 Å². The molecule has 7 atom stereocenters. The van der Waals surface area contributed by atoms with Crippen molar-refractivity contribution in [3.8, 4) is 0 Å². The molecule has 0 aromatic heterocycles. The molecule has 0 amide bonds. The molecule has 0 heterocycles. The van der Waals surface area contributed by atoms with Gasteiger partial charge in [0.05, 0.1) is 26.4 Å². The number of phosphoric ester groups is 2. The van der Waals surface area contributed by atoms with Gasteiger partial charge in [0.2, 0.25) is 0 Å². The molecule has 0 spiro atoms. The number of aliphatic hydroxyl groups excluding tert-OH is 1. The second-order valence-corrected chi connectivity index (χ2v) is 32.3. The van der Waals surface area contributed by atoms with Crippen molar-refractivity contribution in [2.24, 2.45) is 17.8 Å². The molecule has 0 aromatic carbocycles. The van der Waals surface area contributed by atoms with Gasteiger partial charge in [0.25, 0.3) is 0 Å². The Morgan fingerprint density at radius 3 is 0.776 bits per heavy atom. The Hall–Kier alpha value is -1.94. The molecule has 582 valence electrons. The fourth-order valence-corrected chi connectivity index (χ4v) is 13.6. The number of unbranched alkanes of at least 4 members (excludes halogenated alkanes) is 43. The summed E-state index contributed by atoms with van der Waals surface area (Å²) in [6.45, 7) is 12.0. The summed E-state index contributed by atoms with van der Waals surface area (Å²) in [6, 6.07) is 0. The van der Waals surface area contributed by atoms with E-state index in [0.29, 0.717) is 25.7 Å². The van der Waals surface area contributed by atoms with Gasteiger partial charge in [0, 0.05) is 25.7 Å². The highest BCUT2D eigenvalue weighted by Gasteiger charge is 2.30. The molecular weight excluding hydrogens is 1280 g/mol. The van der Waals surface area contributed by atoms with Crippen molar-refractivity contribution in [3.05, 3.63) is 0 Å². The van der Waals surface area contributed by atoms with Gasteiger partial charge >= 0.3 is 39.5 Å². The summed E-state index contributed by atoms with van der Waals surface area (Å²) in [6.07, 6.45) is 57.1. The van der Waals surface area contributed by atoms with Crippen molar-refractivity contribution in [1.82, 2.24) is 0 Å². The van der Waals surface area contributed by atoms with E-state index in [1.165, 1.54) is 212 Å². The van der Waals surface area contributed by atoms with Gasteiger partial charge in [-0.25, -0.2) is 9.13 Å². The number of esters is 4. The Morgan fingerprint density at radius 1 is 0.296 bits per heavy atom. The maximum atomic E-state index is 13.1. The van der Waals surface area contributed by atoms with Crippen LogP contribution in [0.25, 0.3) is 0 Å². The van der Waals surface area contributed by atoms with Crippen LogP contribution in [0.3, 0.4) is 0 Å². The summed E-state index contributed by atoms with van der Waals surface area (Å²) in [5.41, 5.74) is 0. The number of carbonyl (C=O) groups is 4. The van der Waals surface area contributed by atoms with Gasteiger partial charge in [-0.2, -0.15) is 0 Å². The van der Waals surface area contributed by atoms with Gasteiger partial charge < -0.3 is 33.8 Å². The lowest BCUT2D eigenvalue weighted by molar-refractivity contribution is -0.161. The second kappa shape index (κ2) is 69.4. The summed E-state index contributed by atoms with van der Waals surface area (Å²) in [5.74, 6) is 0.367. The SMILES string of the molecule is CCCCCCCC(=O)OC[C@H](COP(=O)(O)OC[C@H](O)COP(=O)(O)OC[C@@H](COC(=O)CCCCCCCCCCCCCCCCC(C)CC)OC(=O)CCCCCCCCCCCCCCCCC(C)CC)OC(=O)CCCCCCCCCCCCCCCCC(C)C. The Morgan fingerprint density at radius 2 is 0.520 bits per heavy atom. The molecule has 0 saturated carbocycles. The third-order valence-electron chi connectivity index (χ3n) is 19.1. The van der Waals surface area contributed by atoms with Crippen LogP contribution in [0, 0.1) is 17.8 Å². The molecule has 0 aliphatic heterocycles. The summed E-state index contributed by atoms with van der Waals surface area (Å²) < 4.78 is 68.4. The zero-order valence-corrected chi connectivity index (χ0v) is 66.0. The van der Waals surface area contributed by atoms with Crippen LogP contribution in [0.2, 0.25) is 0 Å². The van der Waals surface area contributed by atoms with Crippen LogP contribution in [-0.4, -0.2) is 96.7 Å². The molecule has 0 aliphatic rings. The van der Waals surface area contributed by atoms with Gasteiger partial charge in [-0.3, -0.25) is 37.3 Å². The first kappa shape index (κ1) is 96.1. The van der Waals surface area contributed by atoms with Crippen LogP contribution >= 0.6 is 15.6 Å². The number of phosphoric acid groups is 2. The lowest BCUT2D eigenvalue weighted by Gasteiger charge is -2.21. The molecule has 3 N–H and O–H groups in total. The number of carbonyl (C=O) groups excluding carboxylic acids is 4. The van der Waals surface area contributed by atoms with Crippen molar-refractivity contribution in [1.29, 1.82) is 0 Å². The first-order valence-corrected chi connectivity index (χ1v) is 43.9. The third kappa shape index (κ3) is 69.8. The minimum absolute atomic E-state index is 0.106. The van der Waals surface area contributed by atoms with E-state index in [2.05, 4.69) is 48.5 Å². The van der Waals surface area contributed by atoms with Crippen LogP contribution in [0.15, 0.2) is 0 Å². The molecule has 0 aliphatic carbocycles. The van der Waals surface area contributed by atoms with Crippen molar-refractivity contribution >= 4 is 39.5 Å². The molecule has 0 radical (unpaired) electrons. The van der Waals surface area contributed by atoms with E-state index in [1.54, 1.807) is 0 Å². The summed E-state index contributed by atoms with van der Waals surface area (Å²) in [4.78, 5) is 72.7. The minimum atomic E-state index is -4.96. The van der Waals surface area contributed by atoms with E-state index in [-0.39, 0.29) is 25.7 Å². The van der Waals surface area contributed by atoms with E-state index >= 15 is 0 Å². The molecule has 0 fully saturated rings. The molecule has 0 saturated heterocycles. The molecule has 19 heteroatoms. The van der Waals surface area contributed by atoms with Crippen LogP contribution in [0.5, 0.6) is 0 Å². The quantitative estimate of drug-likeness (QED) is 0.0222. The Labute approximate surface area is 600 Å². The van der Waals surface area contributed by atoms with Crippen molar-refractivity contribution in [2.75, 3.05) is 39.6 Å². The minimum Gasteiger partial charge on any atom is -0.462 e. The van der Waals surface area contributed by atoms with Crippen LogP contribution < -0.4 is 0 Å². The first-order valence-electron chi connectivity index (χ1n) is 40.9. The normalized spacial score (nSPS) is 14.6. The number of hydrogen-bond acceptors (Lipinski definition) is 15. The molecule has 98 heavy (non-hydrogen) atoms. The van der Waals surface area contributed by atoms with Gasteiger partial charge in [-0.1, -0.05) is 357 Å². The van der Waals surface area contributed by atoms with Crippen molar-refractivity contribution < 1.29 is 80.2 Å². The molecule has 4 unspecified atom stereocenters. The molecule has 0 aromatic rings. The Kier molecular flexibility index (Phi) is 68.1. The number of ether oxygens (including phenoxy) is 4. The fourth-order valence-electron chi connectivity index (χ4n) is 12.1. The van der Waals surface area contributed by atoms with Crippen molar-refractivity contribution in [3.63, 3.8) is 0 Å². The zero-order valence-electron chi connectivity index (χ0n) is 64.3. The van der Waals surface area contributed by atoms with Gasteiger partial charge in [-0.15, -0.1) is 0 Å². The Bertz CT molecular complexity index is 1910. The maximum absolute atomic E-state index is 13.1. The van der Waals surface area contributed by atoms with Crippen LogP contribution in [0.4, 0.5) is 0 Å². The van der Waals surface area contributed by atoms with Gasteiger partial charge in [0.15, 0.2) is 12.2 Å². The summed E-state index contributed by atoms with van der Waals surface area (Å²) >= 11 is 0. The standard InChI is InChI=1S/C79H154O17P2/c1-8-11-12-43-53-60-76(81)89-66-74(95-78(83)62-55-48-41-35-29-23-16-13-19-25-31-37-44-50-57-70(4)5)68-93-97(85,86)91-64-73(80)65-92-98(87,88)94-69-75(96-79(84)63-56-49-42-36-30-24-18-15-21-27-33-39-46-52-59-72(7)10-3)67-90-77(82)61-54-47-40-34-28-22-17-14-20-26-32-38-45-51-58-71(6)9-2/h70-75,80H,8-69H2,1-7H3,(H,85,86)(H,87,88)/t71?,72?,73-,74+,75+/m0/s1. The molecular formula is C79H154O17P2. The zero-order chi connectivity index (χ0) is 72.3. The van der Waals surface area contributed by atoms with Crippen molar-refractivity contribution in [2.45, 2.75) is 426 Å². The predicted octanol–water partition coefficient (Wildman–Crippen LogP) is 23.4. The smallest absolute Gasteiger partial charge is 0.462 e. The van der Waals surface area contributed by atoms with Crippen LogP contribution in [-0.2, 0) is 65.4 Å². The average Bonchev–Trinajstić information content (AvgIpc) is 0.948. The average molecular weight is 1440 g/mol. The number of hydrogen-bond donors (Lipinski definition) is 3. The first-order chi connectivity index (χ1) is 47.3. The van der Waals surface area contributed by atoms with E-state index in [0.717, 1.165) is 114 Å². The van der Waals surface area contributed by atoms with E-state index in [9.17, 15) is 43.2 Å². The fraction of sp³-hybridized carbons (Fsp3) is 0.949. The Balaban J connectivity index is 5.14. The van der Waals surface area contributed by atoms with Gasteiger partial charge in [0.1, 0.15) is 19.3 Å². The summed E-state index contributed by atoms with van der Waals surface area (Å²) in [5, 5.41) is 10.6. The van der Waals surface area contributed by atoms with E-state index in [4.69, 9.17) is 37.0 Å². The largest absolute Gasteiger partial charge is 0.472 e. The second-order valence-electron chi connectivity index (χ2n) is 29.4. The number of aliphatic hydroxyl groups is 1. The highest BCUT2D eigenvalue weighted by Crippen LogP contribution is 2.45. The topological polar surface area (TPSA) is 237 Å². The highest BCUT2D eigenvalue weighted by molar-refractivity contribution is 7.47. The van der Waals surface area contributed by atoms with E-state index in [1.807, 2.05) is 0 Å². The lowest BCUT2D eigenvalue weighted by atomic mass is 9.99. The predicted molar refractivity (Wildman–Crippen MR) is 400 cm³/mol. The maximum Gasteiger partial charge on any atom is 0.472 e. The third-order valence-corrected chi connectivity index (χ3v) is 21.0.